The maximum Gasteiger partial charge on any atom is 0.227 e. The predicted molar refractivity (Wildman–Crippen MR) is 111 cm³/mol. The average Bonchev–Trinajstić information content (AvgIpc) is 3.34. The third-order valence-corrected chi connectivity index (χ3v) is 6.65. The lowest BCUT2D eigenvalue weighted by Gasteiger charge is -2.27. The summed E-state index contributed by atoms with van der Waals surface area (Å²) in [6.45, 7) is 4.66. The Morgan fingerprint density at radius 3 is 2.90 bits per heavy atom. The van der Waals surface area contributed by atoms with Gasteiger partial charge in [-0.1, -0.05) is 11.3 Å². The van der Waals surface area contributed by atoms with Gasteiger partial charge in [0.15, 0.2) is 9.96 Å². The second-order valence-electron chi connectivity index (χ2n) is 7.40. The van der Waals surface area contributed by atoms with Crippen LogP contribution in [0.2, 0.25) is 0 Å². The maximum atomic E-state index is 13.8. The number of anilines is 2. The Morgan fingerprint density at radius 2 is 2.00 bits per heavy atom. The normalized spacial score (nSPS) is 17.3. The van der Waals surface area contributed by atoms with Gasteiger partial charge in [0.1, 0.15) is 11.3 Å². The molecule has 0 unspecified atom stereocenters. The molecule has 1 aromatic carbocycles. The van der Waals surface area contributed by atoms with Gasteiger partial charge in [-0.2, -0.15) is 4.98 Å². The van der Waals surface area contributed by atoms with Gasteiger partial charge in [-0.3, -0.25) is 0 Å². The molecular weight excluding hydrogens is 391 g/mol. The second-order valence-corrected chi connectivity index (χ2v) is 8.36. The van der Waals surface area contributed by atoms with E-state index in [2.05, 4.69) is 19.8 Å². The molecular formula is C20H19FN6OS. The van der Waals surface area contributed by atoms with Crippen molar-refractivity contribution < 1.29 is 9.13 Å². The van der Waals surface area contributed by atoms with Crippen LogP contribution in [0, 0.1) is 5.82 Å². The van der Waals surface area contributed by atoms with Gasteiger partial charge in [0.2, 0.25) is 5.95 Å². The Balaban J connectivity index is 1.32. The number of morpholine rings is 1. The van der Waals surface area contributed by atoms with Gasteiger partial charge in [-0.25, -0.2) is 14.4 Å². The van der Waals surface area contributed by atoms with Gasteiger partial charge in [-0.15, -0.1) is 0 Å². The minimum Gasteiger partial charge on any atom is -0.378 e. The molecule has 0 saturated carbocycles. The van der Waals surface area contributed by atoms with Crippen LogP contribution in [0.4, 0.5) is 15.5 Å². The zero-order valence-electron chi connectivity index (χ0n) is 15.7. The van der Waals surface area contributed by atoms with E-state index >= 15 is 0 Å². The molecule has 0 radical (unpaired) electrons. The van der Waals surface area contributed by atoms with Crippen LogP contribution in [-0.2, 0) is 17.7 Å². The summed E-state index contributed by atoms with van der Waals surface area (Å²) in [4.78, 5) is 22.8. The highest BCUT2D eigenvalue weighted by atomic mass is 32.1. The molecule has 1 saturated heterocycles. The molecule has 0 atom stereocenters. The molecule has 0 spiro atoms. The number of ether oxygens (including phenoxy) is 1. The molecule has 0 aliphatic carbocycles. The van der Waals surface area contributed by atoms with Crippen molar-refractivity contribution in [2.24, 2.45) is 0 Å². The lowest BCUT2D eigenvalue weighted by atomic mass is 10.0. The Kier molecular flexibility index (Phi) is 3.91. The number of nitrogens with zero attached hydrogens (tertiary/aromatic N) is 5. The number of hydrogen-bond acceptors (Lipinski definition) is 7. The van der Waals surface area contributed by atoms with Crippen molar-refractivity contribution in [3.8, 4) is 0 Å². The van der Waals surface area contributed by atoms with Crippen molar-refractivity contribution in [2.75, 3.05) is 42.6 Å². The number of aromatic amines is 1. The SMILES string of the molecule is Fc1ccc2[nH]c3c(c2c1)CN(c1ncc2nc(N4CCOCC4)sc2n1)CC3. The summed E-state index contributed by atoms with van der Waals surface area (Å²) in [6, 6.07) is 4.91. The summed E-state index contributed by atoms with van der Waals surface area (Å²) >= 11 is 1.60. The Bertz CT molecular complexity index is 1210. The van der Waals surface area contributed by atoms with Crippen LogP contribution in [0.25, 0.3) is 21.3 Å². The molecule has 7 nitrogen and oxygen atoms in total. The summed E-state index contributed by atoms with van der Waals surface area (Å²) in [5.41, 5.74) is 4.11. The van der Waals surface area contributed by atoms with Crippen LogP contribution in [0.1, 0.15) is 11.3 Å². The van der Waals surface area contributed by atoms with Crippen LogP contribution in [-0.4, -0.2) is 52.8 Å². The Morgan fingerprint density at radius 1 is 1.10 bits per heavy atom. The minimum absolute atomic E-state index is 0.214. The second kappa shape index (κ2) is 6.64. The number of benzene rings is 1. The third-order valence-electron chi connectivity index (χ3n) is 5.63. The standard InChI is InChI=1S/C20H19FN6OS/c21-12-1-2-15-13(9-12)14-11-27(4-3-16(14)23-15)19-22-10-17-18(25-19)29-20(24-17)26-5-7-28-8-6-26/h1-2,9-10,23H,3-8,11H2. The van der Waals surface area contributed by atoms with E-state index in [1.54, 1.807) is 23.5 Å². The van der Waals surface area contributed by atoms with E-state index in [0.29, 0.717) is 12.5 Å². The van der Waals surface area contributed by atoms with E-state index in [9.17, 15) is 4.39 Å². The quantitative estimate of drug-likeness (QED) is 0.548. The first-order chi connectivity index (χ1) is 14.2. The van der Waals surface area contributed by atoms with E-state index in [4.69, 9.17) is 14.7 Å². The highest BCUT2D eigenvalue weighted by molar-refractivity contribution is 7.21. The average molecular weight is 410 g/mol. The Labute approximate surface area is 170 Å². The summed E-state index contributed by atoms with van der Waals surface area (Å²) in [7, 11) is 0. The first kappa shape index (κ1) is 17.1. The minimum atomic E-state index is -0.214. The largest absolute Gasteiger partial charge is 0.378 e. The number of H-pyrrole nitrogens is 1. The first-order valence-electron chi connectivity index (χ1n) is 9.75. The number of fused-ring (bicyclic) bond motifs is 4. The number of nitrogens with one attached hydrogen (secondary N) is 1. The molecule has 3 aromatic heterocycles. The van der Waals surface area contributed by atoms with Crippen LogP contribution in [0.3, 0.4) is 0 Å². The van der Waals surface area contributed by atoms with Crippen LogP contribution in [0.5, 0.6) is 0 Å². The lowest BCUT2D eigenvalue weighted by Crippen LogP contribution is -2.36. The van der Waals surface area contributed by atoms with Gasteiger partial charge in [0, 0.05) is 54.8 Å². The van der Waals surface area contributed by atoms with E-state index in [-0.39, 0.29) is 5.82 Å². The van der Waals surface area contributed by atoms with Crippen LogP contribution in [0.15, 0.2) is 24.4 Å². The summed E-state index contributed by atoms with van der Waals surface area (Å²) in [6.07, 6.45) is 2.66. The van der Waals surface area contributed by atoms with Gasteiger partial charge in [0.05, 0.1) is 19.4 Å². The smallest absolute Gasteiger partial charge is 0.227 e. The molecule has 1 fully saturated rings. The number of hydrogen-bond donors (Lipinski definition) is 1. The molecule has 2 aliphatic rings. The lowest BCUT2D eigenvalue weighted by molar-refractivity contribution is 0.122. The summed E-state index contributed by atoms with van der Waals surface area (Å²) in [5, 5.41) is 1.92. The fourth-order valence-corrected chi connectivity index (χ4v) is 5.07. The molecule has 2 aliphatic heterocycles. The molecule has 148 valence electrons. The van der Waals surface area contributed by atoms with Gasteiger partial charge < -0.3 is 19.5 Å². The number of halogens is 1. The molecule has 0 bridgehead atoms. The van der Waals surface area contributed by atoms with E-state index in [1.165, 1.54) is 11.8 Å². The number of rotatable bonds is 2. The van der Waals surface area contributed by atoms with Crippen molar-refractivity contribution in [3.63, 3.8) is 0 Å². The zero-order valence-corrected chi connectivity index (χ0v) is 16.5. The fourth-order valence-electron chi connectivity index (χ4n) is 4.11. The van der Waals surface area contributed by atoms with Crippen LogP contribution >= 0.6 is 11.3 Å². The first-order valence-corrected chi connectivity index (χ1v) is 10.6. The third kappa shape index (κ3) is 2.92. The highest BCUT2D eigenvalue weighted by Crippen LogP contribution is 2.32. The molecule has 9 heteroatoms. The van der Waals surface area contributed by atoms with Gasteiger partial charge in [0.25, 0.3) is 0 Å². The summed E-state index contributed by atoms with van der Waals surface area (Å²) < 4.78 is 19.2. The van der Waals surface area contributed by atoms with Crippen molar-refractivity contribution >= 4 is 43.7 Å². The molecule has 0 amide bonds. The molecule has 5 heterocycles. The predicted octanol–water partition coefficient (Wildman–Crippen LogP) is 3.11. The van der Waals surface area contributed by atoms with Gasteiger partial charge >= 0.3 is 0 Å². The summed E-state index contributed by atoms with van der Waals surface area (Å²) in [5.74, 6) is 0.487. The molecule has 1 N–H and O–H groups in total. The fraction of sp³-hybridized carbons (Fsp3) is 0.350. The van der Waals surface area contributed by atoms with E-state index in [1.807, 2.05) is 6.20 Å². The van der Waals surface area contributed by atoms with Crippen LogP contribution < -0.4 is 9.80 Å². The molecule has 6 rings (SSSR count). The molecule has 4 aromatic rings. The van der Waals surface area contributed by atoms with E-state index in [0.717, 1.165) is 71.2 Å². The topological polar surface area (TPSA) is 70.2 Å². The molecule has 29 heavy (non-hydrogen) atoms. The number of aromatic nitrogens is 4. The number of thiazole rings is 1. The zero-order chi connectivity index (χ0) is 19.4. The van der Waals surface area contributed by atoms with Crippen molar-refractivity contribution in [3.05, 3.63) is 41.5 Å². The monoisotopic (exact) mass is 410 g/mol. The van der Waals surface area contributed by atoms with E-state index < -0.39 is 0 Å². The van der Waals surface area contributed by atoms with Crippen molar-refractivity contribution in [2.45, 2.75) is 13.0 Å². The van der Waals surface area contributed by atoms with Crippen molar-refractivity contribution in [1.29, 1.82) is 0 Å². The Hall–Kier alpha value is -2.78. The van der Waals surface area contributed by atoms with Gasteiger partial charge in [-0.05, 0) is 18.2 Å². The maximum absolute atomic E-state index is 13.8. The van der Waals surface area contributed by atoms with Crippen molar-refractivity contribution in [1.82, 2.24) is 19.9 Å². The highest BCUT2D eigenvalue weighted by Gasteiger charge is 2.24.